The van der Waals surface area contributed by atoms with Crippen molar-refractivity contribution >= 4 is 11.3 Å². The highest BCUT2D eigenvalue weighted by atomic mass is 32.1. The average Bonchev–Trinajstić information content (AvgIpc) is 2.29. The Hall–Kier alpha value is -0.570. The molecule has 0 aromatic carbocycles. The fraction of sp³-hybridized carbons (Fsp3) is 0.667. The summed E-state index contributed by atoms with van der Waals surface area (Å²) >= 11 is 1.63. The molecule has 0 saturated heterocycles. The van der Waals surface area contributed by atoms with Gasteiger partial charge in [0, 0.05) is 4.88 Å². The van der Waals surface area contributed by atoms with E-state index in [1.54, 1.807) is 18.4 Å². The van der Waals surface area contributed by atoms with E-state index in [1.165, 1.54) is 4.88 Å². The summed E-state index contributed by atoms with van der Waals surface area (Å²) in [5.74, 6) is 0. The fourth-order valence-electron chi connectivity index (χ4n) is 1.15. The lowest BCUT2D eigenvalue weighted by Crippen LogP contribution is -2.10. The zero-order valence-corrected chi connectivity index (χ0v) is 9.08. The second-order valence-electron chi connectivity index (χ2n) is 3.85. The molecule has 0 atom stereocenters. The molecule has 0 saturated carbocycles. The molecule has 1 rings (SSSR count). The maximum absolute atomic E-state index is 5.08. The number of aryl methyl sites for hydroxylation is 1. The first-order chi connectivity index (χ1) is 5.45. The van der Waals surface area contributed by atoms with Crippen LogP contribution in [0, 0.1) is 6.92 Å². The molecule has 0 N–H and O–H groups in total. The van der Waals surface area contributed by atoms with Gasteiger partial charge in [0.2, 0.25) is 0 Å². The molecule has 0 fully saturated rings. The van der Waals surface area contributed by atoms with E-state index in [-0.39, 0.29) is 5.41 Å². The monoisotopic (exact) mass is 185 g/mol. The van der Waals surface area contributed by atoms with Gasteiger partial charge in [-0.25, -0.2) is 4.98 Å². The summed E-state index contributed by atoms with van der Waals surface area (Å²) < 4.78 is 5.08. The van der Waals surface area contributed by atoms with Gasteiger partial charge in [0.25, 0.3) is 5.19 Å². The summed E-state index contributed by atoms with van der Waals surface area (Å²) in [6, 6.07) is 0. The first kappa shape index (κ1) is 9.52. The van der Waals surface area contributed by atoms with E-state index in [1.807, 2.05) is 6.92 Å². The molecule has 1 aromatic rings. The summed E-state index contributed by atoms with van der Waals surface area (Å²) in [5.41, 5.74) is 1.27. The van der Waals surface area contributed by atoms with Crippen LogP contribution < -0.4 is 4.74 Å². The SMILES string of the molecule is COc1nc(C)c(C(C)(C)C)s1. The van der Waals surface area contributed by atoms with Crippen molar-refractivity contribution in [1.82, 2.24) is 4.98 Å². The van der Waals surface area contributed by atoms with Crippen molar-refractivity contribution in [2.24, 2.45) is 0 Å². The van der Waals surface area contributed by atoms with Gasteiger partial charge in [0.05, 0.1) is 12.8 Å². The number of nitrogens with zero attached hydrogens (tertiary/aromatic N) is 1. The predicted octanol–water partition coefficient (Wildman–Crippen LogP) is 2.76. The third-order valence-corrected chi connectivity index (χ3v) is 3.18. The minimum atomic E-state index is 0.179. The fourth-order valence-corrected chi connectivity index (χ4v) is 2.09. The van der Waals surface area contributed by atoms with Crippen molar-refractivity contribution < 1.29 is 4.74 Å². The first-order valence-corrected chi connectivity index (χ1v) is 4.78. The number of hydrogen-bond acceptors (Lipinski definition) is 3. The van der Waals surface area contributed by atoms with Crippen LogP contribution in [0.5, 0.6) is 5.19 Å². The summed E-state index contributed by atoms with van der Waals surface area (Å²) in [6.07, 6.45) is 0. The van der Waals surface area contributed by atoms with Crippen molar-refractivity contribution in [2.75, 3.05) is 7.11 Å². The number of thiazole rings is 1. The molecule has 0 aliphatic heterocycles. The Balaban J connectivity index is 3.08. The molecule has 0 aliphatic rings. The second-order valence-corrected chi connectivity index (χ2v) is 4.81. The molecule has 0 amide bonds. The Bertz CT molecular complexity index is 273. The Morgan fingerprint density at radius 3 is 2.17 bits per heavy atom. The van der Waals surface area contributed by atoms with E-state index in [0.717, 1.165) is 10.9 Å². The quantitative estimate of drug-likeness (QED) is 0.671. The molecular formula is C9H15NOS. The molecule has 3 heteroatoms. The largest absolute Gasteiger partial charge is 0.473 e. The average molecular weight is 185 g/mol. The number of methoxy groups -OCH3 is 1. The summed E-state index contributed by atoms with van der Waals surface area (Å²) in [7, 11) is 1.66. The molecule has 2 nitrogen and oxygen atoms in total. The van der Waals surface area contributed by atoms with Gasteiger partial charge in [-0.2, -0.15) is 0 Å². The van der Waals surface area contributed by atoms with E-state index in [9.17, 15) is 0 Å². The molecule has 0 unspecified atom stereocenters. The van der Waals surface area contributed by atoms with Gasteiger partial charge in [-0.1, -0.05) is 32.1 Å². The topological polar surface area (TPSA) is 22.1 Å². The van der Waals surface area contributed by atoms with Crippen LogP contribution in [0.1, 0.15) is 31.3 Å². The zero-order chi connectivity index (χ0) is 9.35. The third-order valence-electron chi connectivity index (χ3n) is 1.63. The lowest BCUT2D eigenvalue weighted by atomic mass is 9.94. The highest BCUT2D eigenvalue weighted by Crippen LogP contribution is 2.34. The predicted molar refractivity (Wildman–Crippen MR) is 52.1 cm³/mol. The van der Waals surface area contributed by atoms with Crippen molar-refractivity contribution in [2.45, 2.75) is 33.1 Å². The molecule has 68 valence electrons. The van der Waals surface area contributed by atoms with E-state index in [4.69, 9.17) is 4.74 Å². The Morgan fingerprint density at radius 1 is 1.33 bits per heavy atom. The van der Waals surface area contributed by atoms with Crippen LogP contribution in [-0.4, -0.2) is 12.1 Å². The van der Waals surface area contributed by atoms with Gasteiger partial charge in [0.1, 0.15) is 0 Å². The standard InChI is InChI=1S/C9H15NOS/c1-6-7(9(2,3)4)12-8(10-6)11-5/h1-5H3. The van der Waals surface area contributed by atoms with Gasteiger partial charge in [-0.15, -0.1) is 0 Å². The lowest BCUT2D eigenvalue weighted by Gasteiger charge is -2.15. The van der Waals surface area contributed by atoms with Crippen molar-refractivity contribution in [3.8, 4) is 5.19 Å². The molecule has 0 bridgehead atoms. The molecule has 12 heavy (non-hydrogen) atoms. The minimum Gasteiger partial charge on any atom is -0.473 e. The van der Waals surface area contributed by atoms with Crippen LogP contribution in [0.15, 0.2) is 0 Å². The van der Waals surface area contributed by atoms with Gasteiger partial charge in [-0.3, -0.25) is 0 Å². The number of aromatic nitrogens is 1. The summed E-state index contributed by atoms with van der Waals surface area (Å²) in [4.78, 5) is 5.60. The smallest absolute Gasteiger partial charge is 0.273 e. The summed E-state index contributed by atoms with van der Waals surface area (Å²) in [5, 5.41) is 0.762. The molecule has 0 radical (unpaired) electrons. The van der Waals surface area contributed by atoms with E-state index >= 15 is 0 Å². The van der Waals surface area contributed by atoms with E-state index < -0.39 is 0 Å². The first-order valence-electron chi connectivity index (χ1n) is 3.97. The van der Waals surface area contributed by atoms with Crippen LogP contribution in [-0.2, 0) is 5.41 Å². The molecule has 1 heterocycles. The van der Waals surface area contributed by atoms with Gasteiger partial charge in [-0.05, 0) is 12.3 Å². The Morgan fingerprint density at radius 2 is 1.92 bits per heavy atom. The number of hydrogen-bond donors (Lipinski definition) is 0. The number of ether oxygens (including phenoxy) is 1. The van der Waals surface area contributed by atoms with Crippen molar-refractivity contribution in [1.29, 1.82) is 0 Å². The third kappa shape index (κ3) is 1.78. The lowest BCUT2D eigenvalue weighted by molar-refractivity contribution is 0.411. The maximum atomic E-state index is 5.08. The van der Waals surface area contributed by atoms with Crippen LogP contribution in [0.25, 0.3) is 0 Å². The molecule has 0 aliphatic carbocycles. The second kappa shape index (κ2) is 3.05. The van der Waals surface area contributed by atoms with Gasteiger partial charge in [0.15, 0.2) is 0 Å². The van der Waals surface area contributed by atoms with E-state index in [0.29, 0.717) is 0 Å². The van der Waals surface area contributed by atoms with Crippen LogP contribution in [0.3, 0.4) is 0 Å². The van der Waals surface area contributed by atoms with Crippen LogP contribution in [0.4, 0.5) is 0 Å². The highest BCUT2D eigenvalue weighted by Gasteiger charge is 2.20. The normalized spacial score (nSPS) is 11.8. The Kier molecular flexibility index (Phi) is 2.42. The van der Waals surface area contributed by atoms with Crippen molar-refractivity contribution in [3.05, 3.63) is 10.6 Å². The van der Waals surface area contributed by atoms with Crippen LogP contribution >= 0.6 is 11.3 Å². The van der Waals surface area contributed by atoms with Gasteiger partial charge >= 0.3 is 0 Å². The molecular weight excluding hydrogens is 170 g/mol. The van der Waals surface area contributed by atoms with E-state index in [2.05, 4.69) is 25.8 Å². The van der Waals surface area contributed by atoms with Crippen molar-refractivity contribution in [3.63, 3.8) is 0 Å². The summed E-state index contributed by atoms with van der Waals surface area (Å²) in [6.45, 7) is 8.59. The minimum absolute atomic E-state index is 0.179. The zero-order valence-electron chi connectivity index (χ0n) is 8.26. The number of rotatable bonds is 1. The van der Waals surface area contributed by atoms with Crippen LogP contribution in [0.2, 0.25) is 0 Å². The molecule has 1 aromatic heterocycles. The highest BCUT2D eigenvalue weighted by molar-refractivity contribution is 7.13. The van der Waals surface area contributed by atoms with Gasteiger partial charge < -0.3 is 4.74 Å². The Labute approximate surface area is 77.6 Å². The molecule has 0 spiro atoms. The maximum Gasteiger partial charge on any atom is 0.273 e.